The van der Waals surface area contributed by atoms with Crippen LogP contribution in [0.25, 0.3) is 0 Å². The third kappa shape index (κ3) is 1.15. The molecule has 2 bridgehead atoms. The molecule has 1 spiro atoms. The highest BCUT2D eigenvalue weighted by molar-refractivity contribution is 5.27. The molecule has 1 aliphatic heterocycles. The lowest BCUT2D eigenvalue weighted by molar-refractivity contribution is 0.159. The van der Waals surface area contributed by atoms with Crippen molar-refractivity contribution in [2.45, 2.75) is 44.1 Å². The largest absolute Gasteiger partial charge is 0.348 e. The van der Waals surface area contributed by atoms with Gasteiger partial charge in [0.25, 0.3) is 0 Å². The smallest absolute Gasteiger partial charge is 0.0926 e. The standard InChI is InChI=1S/C13H19N3/c1-2-10-5-9(1)6-13(7-10)12-11(3-4-16-13)14-8-15-12/h8-10,16H,1-7H2,(H,14,15). The molecule has 2 heterocycles. The van der Waals surface area contributed by atoms with Crippen molar-refractivity contribution in [3.05, 3.63) is 17.7 Å². The summed E-state index contributed by atoms with van der Waals surface area (Å²) in [7, 11) is 0. The fraction of sp³-hybridized carbons (Fsp3) is 0.769. The number of H-pyrrole nitrogens is 1. The van der Waals surface area contributed by atoms with E-state index < -0.39 is 0 Å². The van der Waals surface area contributed by atoms with Crippen molar-refractivity contribution >= 4 is 0 Å². The van der Waals surface area contributed by atoms with E-state index in [0.29, 0.717) is 0 Å². The van der Waals surface area contributed by atoms with Gasteiger partial charge in [0.1, 0.15) is 0 Å². The lowest BCUT2D eigenvalue weighted by Crippen LogP contribution is -2.50. The van der Waals surface area contributed by atoms with Gasteiger partial charge in [0.05, 0.1) is 17.6 Å². The van der Waals surface area contributed by atoms with Gasteiger partial charge in [0.15, 0.2) is 0 Å². The minimum absolute atomic E-state index is 0.234. The van der Waals surface area contributed by atoms with Gasteiger partial charge in [0, 0.05) is 18.7 Å². The van der Waals surface area contributed by atoms with Gasteiger partial charge in [-0.15, -0.1) is 0 Å². The number of nitrogens with zero attached hydrogens (tertiary/aromatic N) is 1. The average molecular weight is 217 g/mol. The molecule has 2 unspecified atom stereocenters. The van der Waals surface area contributed by atoms with Gasteiger partial charge in [-0.2, -0.15) is 0 Å². The van der Waals surface area contributed by atoms with E-state index in [1.807, 2.05) is 6.33 Å². The maximum absolute atomic E-state index is 4.61. The van der Waals surface area contributed by atoms with Crippen molar-refractivity contribution in [3.63, 3.8) is 0 Å². The van der Waals surface area contributed by atoms with Crippen LogP contribution in [-0.4, -0.2) is 16.5 Å². The van der Waals surface area contributed by atoms with Gasteiger partial charge < -0.3 is 10.3 Å². The molecule has 86 valence electrons. The highest BCUT2D eigenvalue weighted by Gasteiger charge is 2.47. The number of fused-ring (bicyclic) bond motifs is 4. The van der Waals surface area contributed by atoms with Crippen molar-refractivity contribution in [2.75, 3.05) is 6.54 Å². The van der Waals surface area contributed by atoms with Crippen LogP contribution in [0.2, 0.25) is 0 Å². The molecule has 0 amide bonds. The predicted molar refractivity (Wildman–Crippen MR) is 62.0 cm³/mol. The Kier molecular flexibility index (Phi) is 1.79. The van der Waals surface area contributed by atoms with Crippen LogP contribution < -0.4 is 5.32 Å². The zero-order valence-corrected chi connectivity index (χ0v) is 9.63. The first-order chi connectivity index (χ1) is 7.86. The molecule has 3 aliphatic rings. The molecule has 0 aromatic carbocycles. The number of imidazole rings is 1. The highest BCUT2D eigenvalue weighted by Crippen LogP contribution is 2.51. The predicted octanol–water partition coefficient (Wildman–Crippen LogP) is 1.96. The number of aromatic amines is 1. The molecule has 3 heteroatoms. The van der Waals surface area contributed by atoms with E-state index in [2.05, 4.69) is 15.3 Å². The summed E-state index contributed by atoms with van der Waals surface area (Å²) in [4.78, 5) is 7.94. The minimum Gasteiger partial charge on any atom is -0.348 e. The van der Waals surface area contributed by atoms with E-state index in [4.69, 9.17) is 0 Å². The van der Waals surface area contributed by atoms with E-state index in [9.17, 15) is 0 Å². The molecular weight excluding hydrogens is 198 g/mol. The van der Waals surface area contributed by atoms with Gasteiger partial charge in [-0.1, -0.05) is 12.8 Å². The minimum atomic E-state index is 0.234. The zero-order chi connectivity index (χ0) is 10.6. The lowest BCUT2D eigenvalue weighted by atomic mass is 9.71. The number of nitrogens with one attached hydrogen (secondary N) is 2. The van der Waals surface area contributed by atoms with E-state index in [1.54, 1.807) is 0 Å². The molecule has 3 nitrogen and oxygen atoms in total. The fourth-order valence-corrected chi connectivity index (χ4v) is 4.39. The summed E-state index contributed by atoms with van der Waals surface area (Å²) < 4.78 is 0. The first-order valence-corrected chi connectivity index (χ1v) is 6.63. The zero-order valence-electron chi connectivity index (χ0n) is 9.63. The van der Waals surface area contributed by atoms with Gasteiger partial charge in [-0.25, -0.2) is 4.98 Å². The maximum atomic E-state index is 4.61. The highest BCUT2D eigenvalue weighted by atomic mass is 15.1. The molecular formula is C13H19N3. The third-order valence-corrected chi connectivity index (χ3v) is 4.93. The normalized spacial score (nSPS) is 41.2. The van der Waals surface area contributed by atoms with Crippen LogP contribution in [0, 0.1) is 11.8 Å². The van der Waals surface area contributed by atoms with Crippen LogP contribution in [0.1, 0.15) is 43.5 Å². The van der Waals surface area contributed by atoms with Gasteiger partial charge in [0.2, 0.25) is 0 Å². The van der Waals surface area contributed by atoms with Crippen molar-refractivity contribution in [3.8, 4) is 0 Å². The SMILES string of the molecule is c1nc2c([nH]1)CCNC21CC2CCC(C2)C1. The van der Waals surface area contributed by atoms with Gasteiger partial charge >= 0.3 is 0 Å². The molecule has 1 aromatic heterocycles. The first kappa shape index (κ1) is 9.23. The van der Waals surface area contributed by atoms with Crippen LogP contribution in [0.4, 0.5) is 0 Å². The summed E-state index contributed by atoms with van der Waals surface area (Å²) in [5.41, 5.74) is 2.97. The average Bonchev–Trinajstić information content (AvgIpc) is 2.87. The summed E-state index contributed by atoms with van der Waals surface area (Å²) in [5.74, 6) is 1.91. The third-order valence-electron chi connectivity index (χ3n) is 4.93. The molecule has 2 aliphatic carbocycles. The molecule has 2 fully saturated rings. The number of aromatic nitrogens is 2. The summed E-state index contributed by atoms with van der Waals surface area (Å²) in [6, 6.07) is 0. The molecule has 16 heavy (non-hydrogen) atoms. The van der Waals surface area contributed by atoms with Gasteiger partial charge in [-0.3, -0.25) is 0 Å². The van der Waals surface area contributed by atoms with Crippen LogP contribution in [0.15, 0.2) is 6.33 Å². The topological polar surface area (TPSA) is 40.7 Å². The van der Waals surface area contributed by atoms with Crippen molar-refractivity contribution in [2.24, 2.45) is 11.8 Å². The van der Waals surface area contributed by atoms with Crippen molar-refractivity contribution in [1.29, 1.82) is 0 Å². The van der Waals surface area contributed by atoms with Gasteiger partial charge in [-0.05, 0) is 31.1 Å². The Bertz CT molecular complexity index is 397. The summed E-state index contributed by atoms with van der Waals surface area (Å²) >= 11 is 0. The first-order valence-electron chi connectivity index (χ1n) is 6.63. The Hall–Kier alpha value is -0.830. The molecule has 2 atom stereocenters. The van der Waals surface area contributed by atoms with E-state index in [1.165, 1.54) is 43.5 Å². The number of hydrogen-bond donors (Lipinski definition) is 2. The molecule has 0 radical (unpaired) electrons. The summed E-state index contributed by atoms with van der Waals surface area (Å²) in [5, 5.41) is 3.80. The molecule has 2 N–H and O–H groups in total. The second-order valence-corrected chi connectivity index (χ2v) is 5.94. The van der Waals surface area contributed by atoms with Crippen LogP contribution in [0.3, 0.4) is 0 Å². The van der Waals surface area contributed by atoms with Crippen LogP contribution in [-0.2, 0) is 12.0 Å². The number of rotatable bonds is 0. The quantitative estimate of drug-likeness (QED) is 0.697. The molecule has 4 rings (SSSR count). The van der Waals surface area contributed by atoms with Crippen LogP contribution in [0.5, 0.6) is 0 Å². The fourth-order valence-electron chi connectivity index (χ4n) is 4.39. The Morgan fingerprint density at radius 2 is 2.06 bits per heavy atom. The Labute approximate surface area is 96.0 Å². The second-order valence-electron chi connectivity index (χ2n) is 5.94. The second kappa shape index (κ2) is 3.10. The summed E-state index contributed by atoms with van der Waals surface area (Å²) in [6.07, 6.45) is 10.0. The lowest BCUT2D eigenvalue weighted by Gasteiger charge is -2.43. The molecule has 2 saturated carbocycles. The van der Waals surface area contributed by atoms with Crippen molar-refractivity contribution < 1.29 is 0 Å². The Balaban J connectivity index is 1.78. The van der Waals surface area contributed by atoms with Crippen molar-refractivity contribution in [1.82, 2.24) is 15.3 Å². The summed E-state index contributed by atoms with van der Waals surface area (Å²) in [6.45, 7) is 1.12. The Morgan fingerprint density at radius 1 is 1.25 bits per heavy atom. The van der Waals surface area contributed by atoms with E-state index in [-0.39, 0.29) is 5.54 Å². The van der Waals surface area contributed by atoms with E-state index in [0.717, 1.165) is 24.8 Å². The molecule has 0 saturated heterocycles. The monoisotopic (exact) mass is 217 g/mol. The molecule has 1 aromatic rings. The van der Waals surface area contributed by atoms with Crippen LogP contribution >= 0.6 is 0 Å². The number of hydrogen-bond acceptors (Lipinski definition) is 2. The maximum Gasteiger partial charge on any atom is 0.0926 e. The van der Waals surface area contributed by atoms with E-state index >= 15 is 0 Å². The Morgan fingerprint density at radius 3 is 2.88 bits per heavy atom.